The van der Waals surface area contributed by atoms with Gasteiger partial charge in [-0.2, -0.15) is 0 Å². The number of para-hydroxylation sites is 1. The quantitative estimate of drug-likeness (QED) is 0.888. The fraction of sp³-hybridized carbons (Fsp3) is 0.533. The molecule has 1 N–H and O–H groups in total. The first-order chi connectivity index (χ1) is 8.68. The predicted molar refractivity (Wildman–Crippen MR) is 71.8 cm³/mol. The molecule has 0 unspecified atom stereocenters. The Balaban J connectivity index is 2.31. The van der Waals surface area contributed by atoms with Crippen molar-refractivity contribution < 1.29 is 9.53 Å². The van der Waals surface area contributed by atoms with E-state index in [-0.39, 0.29) is 11.3 Å². The van der Waals surface area contributed by atoms with Crippen LogP contribution in [0.5, 0.6) is 5.75 Å². The van der Waals surface area contributed by atoms with Gasteiger partial charge >= 0.3 is 0 Å². The third-order valence-corrected chi connectivity index (χ3v) is 3.91. The maximum atomic E-state index is 11.2. The van der Waals surface area contributed by atoms with Crippen LogP contribution in [0.2, 0.25) is 0 Å². The Kier molecular flexibility index (Phi) is 3.90. The van der Waals surface area contributed by atoms with Crippen molar-refractivity contribution in [2.24, 2.45) is 0 Å². The molecule has 0 bridgehead atoms. The Hall–Kier alpha value is -1.51. The standard InChI is InChI=1S/C15H21NO2/c1-12(17)16-11-15(9-5-6-10-15)13-7-3-4-8-14(13)18-2/h3-4,7-8H,5-6,9-11H2,1-2H3,(H,16,17). The Morgan fingerprint density at radius 2 is 2.00 bits per heavy atom. The van der Waals surface area contributed by atoms with E-state index in [1.54, 1.807) is 14.0 Å². The topological polar surface area (TPSA) is 38.3 Å². The summed E-state index contributed by atoms with van der Waals surface area (Å²) < 4.78 is 5.48. The normalized spacial score (nSPS) is 17.4. The summed E-state index contributed by atoms with van der Waals surface area (Å²) in [6.45, 7) is 2.29. The van der Waals surface area contributed by atoms with E-state index in [9.17, 15) is 4.79 Å². The summed E-state index contributed by atoms with van der Waals surface area (Å²) in [5, 5.41) is 2.98. The van der Waals surface area contributed by atoms with Gasteiger partial charge < -0.3 is 10.1 Å². The summed E-state index contributed by atoms with van der Waals surface area (Å²) in [7, 11) is 1.71. The number of benzene rings is 1. The molecule has 0 heterocycles. The van der Waals surface area contributed by atoms with E-state index in [0.717, 1.165) is 18.6 Å². The highest BCUT2D eigenvalue weighted by molar-refractivity contribution is 5.73. The summed E-state index contributed by atoms with van der Waals surface area (Å²) >= 11 is 0. The molecule has 0 spiro atoms. The number of rotatable bonds is 4. The van der Waals surface area contributed by atoms with Crippen molar-refractivity contribution in [3.05, 3.63) is 29.8 Å². The molecule has 1 aromatic rings. The van der Waals surface area contributed by atoms with Gasteiger partial charge in [0.05, 0.1) is 7.11 Å². The van der Waals surface area contributed by atoms with Crippen molar-refractivity contribution >= 4 is 5.91 Å². The van der Waals surface area contributed by atoms with Crippen LogP contribution < -0.4 is 10.1 Å². The van der Waals surface area contributed by atoms with Crippen molar-refractivity contribution in [2.45, 2.75) is 38.0 Å². The van der Waals surface area contributed by atoms with Crippen LogP contribution in [-0.4, -0.2) is 19.6 Å². The molecule has 0 aliphatic heterocycles. The lowest BCUT2D eigenvalue weighted by Crippen LogP contribution is -2.38. The van der Waals surface area contributed by atoms with Crippen LogP contribution in [0.15, 0.2) is 24.3 Å². The summed E-state index contributed by atoms with van der Waals surface area (Å²) in [6.07, 6.45) is 4.68. The Morgan fingerprint density at radius 1 is 1.33 bits per heavy atom. The number of nitrogens with one attached hydrogen (secondary N) is 1. The minimum Gasteiger partial charge on any atom is -0.496 e. The summed E-state index contributed by atoms with van der Waals surface area (Å²) in [6, 6.07) is 8.17. The Labute approximate surface area is 109 Å². The Morgan fingerprint density at radius 3 is 2.61 bits per heavy atom. The van der Waals surface area contributed by atoms with E-state index < -0.39 is 0 Å². The number of carbonyl (C=O) groups excluding carboxylic acids is 1. The lowest BCUT2D eigenvalue weighted by Gasteiger charge is -2.31. The number of hydrogen-bond donors (Lipinski definition) is 1. The van der Waals surface area contributed by atoms with E-state index >= 15 is 0 Å². The molecule has 1 aliphatic carbocycles. The first kappa shape index (κ1) is 12.9. The fourth-order valence-corrected chi connectivity index (χ4v) is 2.97. The predicted octanol–water partition coefficient (Wildman–Crippen LogP) is 2.64. The van der Waals surface area contributed by atoms with Crippen LogP contribution in [0.1, 0.15) is 38.2 Å². The zero-order valence-electron chi connectivity index (χ0n) is 11.2. The molecule has 0 atom stereocenters. The van der Waals surface area contributed by atoms with Gasteiger partial charge in [-0.15, -0.1) is 0 Å². The minimum absolute atomic E-state index is 0.0381. The summed E-state index contributed by atoms with van der Waals surface area (Å²) in [4.78, 5) is 11.2. The van der Waals surface area contributed by atoms with Gasteiger partial charge in [-0.3, -0.25) is 4.79 Å². The molecule has 0 radical (unpaired) electrons. The molecule has 0 saturated heterocycles. The molecular formula is C15H21NO2. The largest absolute Gasteiger partial charge is 0.496 e. The average molecular weight is 247 g/mol. The second-order valence-corrected chi connectivity index (χ2v) is 5.10. The van der Waals surface area contributed by atoms with Gasteiger partial charge in [0, 0.05) is 24.4 Å². The smallest absolute Gasteiger partial charge is 0.216 e. The van der Waals surface area contributed by atoms with Crippen molar-refractivity contribution in [2.75, 3.05) is 13.7 Å². The highest BCUT2D eigenvalue weighted by atomic mass is 16.5. The highest BCUT2D eigenvalue weighted by Gasteiger charge is 2.37. The second-order valence-electron chi connectivity index (χ2n) is 5.10. The maximum Gasteiger partial charge on any atom is 0.216 e. The molecule has 1 fully saturated rings. The van der Waals surface area contributed by atoms with Crippen molar-refractivity contribution in [1.29, 1.82) is 0 Å². The molecule has 0 aromatic heterocycles. The van der Waals surface area contributed by atoms with Crippen LogP contribution in [0, 0.1) is 0 Å². The molecule has 2 rings (SSSR count). The maximum absolute atomic E-state index is 11.2. The SMILES string of the molecule is COc1ccccc1C1(CNC(C)=O)CCCC1. The van der Waals surface area contributed by atoms with E-state index in [1.165, 1.54) is 18.4 Å². The van der Waals surface area contributed by atoms with E-state index in [0.29, 0.717) is 6.54 Å². The van der Waals surface area contributed by atoms with E-state index in [4.69, 9.17) is 4.74 Å². The molecule has 1 saturated carbocycles. The van der Waals surface area contributed by atoms with Gasteiger partial charge in [-0.25, -0.2) is 0 Å². The third kappa shape index (κ3) is 2.50. The van der Waals surface area contributed by atoms with Gasteiger partial charge in [0.2, 0.25) is 5.91 Å². The zero-order chi connectivity index (χ0) is 13.0. The molecule has 98 valence electrons. The van der Waals surface area contributed by atoms with Gasteiger partial charge in [-0.1, -0.05) is 31.0 Å². The van der Waals surface area contributed by atoms with Crippen molar-refractivity contribution in [3.8, 4) is 5.75 Å². The van der Waals surface area contributed by atoms with Crippen LogP contribution in [0.3, 0.4) is 0 Å². The molecular weight excluding hydrogens is 226 g/mol. The molecule has 1 aromatic carbocycles. The van der Waals surface area contributed by atoms with Gasteiger partial charge in [-0.05, 0) is 18.9 Å². The first-order valence-corrected chi connectivity index (χ1v) is 6.56. The average Bonchev–Trinajstić information content (AvgIpc) is 2.86. The summed E-state index contributed by atoms with van der Waals surface area (Å²) in [5.41, 5.74) is 1.29. The third-order valence-electron chi connectivity index (χ3n) is 3.91. The van der Waals surface area contributed by atoms with Crippen LogP contribution in [0.25, 0.3) is 0 Å². The van der Waals surface area contributed by atoms with Crippen LogP contribution in [-0.2, 0) is 10.2 Å². The molecule has 18 heavy (non-hydrogen) atoms. The van der Waals surface area contributed by atoms with Gasteiger partial charge in [0.15, 0.2) is 0 Å². The zero-order valence-corrected chi connectivity index (χ0v) is 11.2. The van der Waals surface area contributed by atoms with Crippen molar-refractivity contribution in [1.82, 2.24) is 5.32 Å². The molecule has 1 amide bonds. The number of amides is 1. The lowest BCUT2D eigenvalue weighted by molar-refractivity contribution is -0.119. The number of ether oxygens (including phenoxy) is 1. The van der Waals surface area contributed by atoms with Gasteiger partial charge in [0.25, 0.3) is 0 Å². The monoisotopic (exact) mass is 247 g/mol. The van der Waals surface area contributed by atoms with Crippen LogP contribution in [0.4, 0.5) is 0 Å². The van der Waals surface area contributed by atoms with Crippen molar-refractivity contribution in [3.63, 3.8) is 0 Å². The number of carbonyl (C=O) groups is 1. The second kappa shape index (κ2) is 5.42. The summed E-state index contributed by atoms with van der Waals surface area (Å²) in [5.74, 6) is 0.973. The van der Waals surface area contributed by atoms with E-state index in [1.807, 2.05) is 18.2 Å². The minimum atomic E-state index is 0.0381. The van der Waals surface area contributed by atoms with E-state index in [2.05, 4.69) is 11.4 Å². The van der Waals surface area contributed by atoms with Crippen LogP contribution >= 0.6 is 0 Å². The van der Waals surface area contributed by atoms with Gasteiger partial charge in [0.1, 0.15) is 5.75 Å². The fourth-order valence-electron chi connectivity index (χ4n) is 2.97. The lowest BCUT2D eigenvalue weighted by atomic mass is 9.78. The molecule has 3 nitrogen and oxygen atoms in total. The number of hydrogen-bond acceptors (Lipinski definition) is 2. The highest BCUT2D eigenvalue weighted by Crippen LogP contribution is 2.44. The first-order valence-electron chi connectivity index (χ1n) is 6.56. The number of methoxy groups -OCH3 is 1. The Bertz CT molecular complexity index is 422. The molecule has 1 aliphatic rings. The molecule has 3 heteroatoms.